The molecule has 1 fully saturated rings. The number of hydrogen-bond donors (Lipinski definition) is 1. The van der Waals surface area contributed by atoms with Crippen LogP contribution in [-0.2, 0) is 5.54 Å². The first-order chi connectivity index (χ1) is 8.45. The highest BCUT2D eigenvalue weighted by atomic mass is 16.5. The third kappa shape index (κ3) is 3.47. The second-order valence-corrected chi connectivity index (χ2v) is 5.89. The van der Waals surface area contributed by atoms with Crippen LogP contribution < -0.4 is 10.5 Å². The molecule has 1 aromatic carbocycles. The molecule has 1 aliphatic rings. The monoisotopic (exact) mass is 248 g/mol. The van der Waals surface area contributed by atoms with Crippen molar-refractivity contribution >= 4 is 0 Å². The molecule has 0 radical (unpaired) electrons. The lowest BCUT2D eigenvalue weighted by molar-refractivity contribution is 0.104. The van der Waals surface area contributed by atoms with Crippen LogP contribution in [0.1, 0.15) is 32.3 Å². The average Bonchev–Trinajstić information content (AvgIpc) is 2.28. The van der Waals surface area contributed by atoms with Crippen LogP contribution in [0, 0.1) is 0 Å². The molecule has 1 atom stereocenters. The van der Waals surface area contributed by atoms with Crippen LogP contribution in [0.2, 0.25) is 0 Å². The fourth-order valence-corrected chi connectivity index (χ4v) is 2.37. The molecular formula is C15H24N2O. The number of benzene rings is 1. The maximum Gasteiger partial charge on any atom is 0.119 e. The van der Waals surface area contributed by atoms with E-state index in [1.165, 1.54) is 13.0 Å². The first-order valence-corrected chi connectivity index (χ1v) is 6.70. The van der Waals surface area contributed by atoms with Crippen LogP contribution in [0.3, 0.4) is 0 Å². The Labute approximate surface area is 110 Å². The highest BCUT2D eigenvalue weighted by Crippen LogP contribution is 2.22. The van der Waals surface area contributed by atoms with Crippen LogP contribution in [0.15, 0.2) is 24.3 Å². The van der Waals surface area contributed by atoms with Crippen molar-refractivity contribution in [2.24, 2.45) is 5.73 Å². The number of ether oxygens (including phenoxy) is 1. The SMILES string of the molecule is CN1CCCC(Oc2ccc(C(C)(C)N)cc2)C1. The van der Waals surface area contributed by atoms with Crippen molar-refractivity contribution < 1.29 is 4.74 Å². The summed E-state index contributed by atoms with van der Waals surface area (Å²) in [5.74, 6) is 0.948. The summed E-state index contributed by atoms with van der Waals surface area (Å²) in [7, 11) is 2.15. The molecular weight excluding hydrogens is 224 g/mol. The topological polar surface area (TPSA) is 38.5 Å². The van der Waals surface area contributed by atoms with E-state index in [1.807, 2.05) is 26.0 Å². The van der Waals surface area contributed by atoms with Gasteiger partial charge in [0.2, 0.25) is 0 Å². The quantitative estimate of drug-likeness (QED) is 0.892. The number of likely N-dealkylation sites (tertiary alicyclic amines) is 1. The lowest BCUT2D eigenvalue weighted by atomic mass is 9.96. The summed E-state index contributed by atoms with van der Waals surface area (Å²) in [5, 5.41) is 0. The van der Waals surface area contributed by atoms with Gasteiger partial charge in [-0.05, 0) is 58.0 Å². The summed E-state index contributed by atoms with van der Waals surface area (Å²) in [6.45, 7) is 6.22. The van der Waals surface area contributed by atoms with Crippen LogP contribution in [-0.4, -0.2) is 31.1 Å². The second-order valence-electron chi connectivity index (χ2n) is 5.89. The fraction of sp³-hybridized carbons (Fsp3) is 0.600. The number of piperidine rings is 1. The van der Waals surface area contributed by atoms with Crippen LogP contribution in [0.25, 0.3) is 0 Å². The van der Waals surface area contributed by atoms with Gasteiger partial charge >= 0.3 is 0 Å². The summed E-state index contributed by atoms with van der Waals surface area (Å²) in [5.41, 5.74) is 6.91. The van der Waals surface area contributed by atoms with Gasteiger partial charge in [-0.3, -0.25) is 0 Å². The summed E-state index contributed by atoms with van der Waals surface area (Å²) < 4.78 is 6.01. The van der Waals surface area contributed by atoms with E-state index in [9.17, 15) is 0 Å². The molecule has 1 aliphatic heterocycles. The van der Waals surface area contributed by atoms with E-state index in [1.54, 1.807) is 0 Å². The lowest BCUT2D eigenvalue weighted by Crippen LogP contribution is -2.38. The van der Waals surface area contributed by atoms with Gasteiger partial charge in [0, 0.05) is 12.1 Å². The third-order valence-corrected chi connectivity index (χ3v) is 3.48. The number of nitrogens with zero attached hydrogens (tertiary/aromatic N) is 1. The Hall–Kier alpha value is -1.06. The molecule has 100 valence electrons. The number of nitrogens with two attached hydrogens (primary N) is 1. The van der Waals surface area contributed by atoms with Gasteiger partial charge in [-0.2, -0.15) is 0 Å². The van der Waals surface area contributed by atoms with Crippen molar-refractivity contribution in [2.45, 2.75) is 38.3 Å². The highest BCUT2D eigenvalue weighted by Gasteiger charge is 2.19. The van der Waals surface area contributed by atoms with Crippen LogP contribution in [0.4, 0.5) is 0 Å². The average molecular weight is 248 g/mol. The van der Waals surface area contributed by atoms with Gasteiger partial charge < -0.3 is 15.4 Å². The predicted molar refractivity (Wildman–Crippen MR) is 74.8 cm³/mol. The maximum absolute atomic E-state index is 6.06. The minimum absolute atomic E-state index is 0.288. The first-order valence-electron chi connectivity index (χ1n) is 6.70. The van der Waals surface area contributed by atoms with Crippen LogP contribution >= 0.6 is 0 Å². The second kappa shape index (κ2) is 5.29. The molecule has 1 saturated heterocycles. The molecule has 0 aliphatic carbocycles. The van der Waals surface area contributed by atoms with E-state index in [2.05, 4.69) is 24.1 Å². The molecule has 18 heavy (non-hydrogen) atoms. The number of rotatable bonds is 3. The normalized spacial score (nSPS) is 21.9. The molecule has 3 nitrogen and oxygen atoms in total. The molecule has 1 unspecified atom stereocenters. The van der Waals surface area contributed by atoms with Crippen molar-refractivity contribution in [1.82, 2.24) is 4.90 Å². The van der Waals surface area contributed by atoms with Gasteiger partial charge in [0.05, 0.1) is 0 Å². The summed E-state index contributed by atoms with van der Waals surface area (Å²) in [4.78, 5) is 2.32. The largest absolute Gasteiger partial charge is 0.489 e. The van der Waals surface area contributed by atoms with Gasteiger partial charge in [-0.25, -0.2) is 0 Å². The van der Waals surface area contributed by atoms with E-state index < -0.39 is 0 Å². The Kier molecular flexibility index (Phi) is 3.93. The first kappa shape index (κ1) is 13.4. The molecule has 0 amide bonds. The van der Waals surface area contributed by atoms with E-state index in [-0.39, 0.29) is 5.54 Å². The summed E-state index contributed by atoms with van der Waals surface area (Å²) in [6, 6.07) is 8.17. The third-order valence-electron chi connectivity index (χ3n) is 3.48. The molecule has 0 spiro atoms. The fourth-order valence-electron chi connectivity index (χ4n) is 2.37. The molecule has 2 rings (SSSR count). The molecule has 1 heterocycles. The Bertz CT molecular complexity index is 380. The van der Waals surface area contributed by atoms with Gasteiger partial charge in [-0.15, -0.1) is 0 Å². The molecule has 1 aromatic rings. The van der Waals surface area contributed by atoms with Gasteiger partial charge in [-0.1, -0.05) is 12.1 Å². The maximum atomic E-state index is 6.06. The minimum Gasteiger partial charge on any atom is -0.489 e. The summed E-state index contributed by atoms with van der Waals surface area (Å²) >= 11 is 0. The van der Waals surface area contributed by atoms with Crippen molar-refractivity contribution in [3.63, 3.8) is 0 Å². The Balaban J connectivity index is 1.98. The zero-order chi connectivity index (χ0) is 13.2. The number of hydrogen-bond acceptors (Lipinski definition) is 3. The highest BCUT2D eigenvalue weighted by molar-refractivity contribution is 5.31. The minimum atomic E-state index is -0.288. The Morgan fingerprint density at radius 2 is 1.94 bits per heavy atom. The molecule has 3 heteroatoms. The van der Waals surface area contributed by atoms with E-state index in [4.69, 9.17) is 10.5 Å². The molecule has 0 bridgehead atoms. The van der Waals surface area contributed by atoms with Crippen molar-refractivity contribution in [1.29, 1.82) is 0 Å². The standard InChI is InChI=1S/C15H24N2O/c1-15(2,16)12-6-8-13(9-7-12)18-14-5-4-10-17(3)11-14/h6-9,14H,4-5,10-11,16H2,1-3H3. The lowest BCUT2D eigenvalue weighted by Gasteiger charge is -2.30. The Morgan fingerprint density at radius 3 is 2.50 bits per heavy atom. The smallest absolute Gasteiger partial charge is 0.119 e. The number of likely N-dealkylation sites (N-methyl/N-ethyl adjacent to an activating group) is 1. The van der Waals surface area contributed by atoms with Gasteiger partial charge in [0.25, 0.3) is 0 Å². The van der Waals surface area contributed by atoms with Gasteiger partial charge in [0.15, 0.2) is 0 Å². The van der Waals surface area contributed by atoms with E-state index in [0.29, 0.717) is 6.10 Å². The van der Waals surface area contributed by atoms with Crippen molar-refractivity contribution in [3.05, 3.63) is 29.8 Å². The zero-order valence-corrected chi connectivity index (χ0v) is 11.6. The molecule has 0 saturated carbocycles. The Morgan fingerprint density at radius 1 is 1.28 bits per heavy atom. The zero-order valence-electron chi connectivity index (χ0n) is 11.6. The van der Waals surface area contributed by atoms with Crippen molar-refractivity contribution in [2.75, 3.05) is 20.1 Å². The van der Waals surface area contributed by atoms with Gasteiger partial charge in [0.1, 0.15) is 11.9 Å². The van der Waals surface area contributed by atoms with E-state index in [0.717, 1.165) is 24.3 Å². The van der Waals surface area contributed by atoms with E-state index >= 15 is 0 Å². The molecule has 2 N–H and O–H groups in total. The predicted octanol–water partition coefficient (Wildman–Crippen LogP) is 2.35. The molecule has 0 aromatic heterocycles. The summed E-state index contributed by atoms with van der Waals surface area (Å²) in [6.07, 6.45) is 2.68. The van der Waals surface area contributed by atoms with Crippen LogP contribution in [0.5, 0.6) is 5.75 Å². The van der Waals surface area contributed by atoms with Crippen molar-refractivity contribution in [3.8, 4) is 5.75 Å².